The first-order chi connectivity index (χ1) is 10.9. The molecule has 0 atom stereocenters. The van der Waals surface area contributed by atoms with Gasteiger partial charge in [-0.2, -0.15) is 13.2 Å². The third-order valence-electron chi connectivity index (χ3n) is 3.71. The average molecular weight is 382 g/mol. The molecule has 2 N–H and O–H groups in total. The summed E-state index contributed by atoms with van der Waals surface area (Å²) >= 11 is 3.33. The van der Waals surface area contributed by atoms with Crippen molar-refractivity contribution in [1.29, 1.82) is 0 Å². The van der Waals surface area contributed by atoms with Crippen molar-refractivity contribution < 1.29 is 13.2 Å². The number of H-pyrrole nitrogens is 2. The molecule has 0 aliphatic rings. The second-order valence-electron chi connectivity index (χ2n) is 5.09. The van der Waals surface area contributed by atoms with E-state index in [4.69, 9.17) is 0 Å². The highest BCUT2D eigenvalue weighted by Crippen LogP contribution is 2.36. The van der Waals surface area contributed by atoms with Crippen LogP contribution in [0, 0.1) is 0 Å². The number of nitrogens with zero attached hydrogens (tertiary/aromatic N) is 1. The quantitative estimate of drug-likeness (QED) is 0.445. The summed E-state index contributed by atoms with van der Waals surface area (Å²) in [5, 5.41) is 1.76. The fraction of sp³-hybridized carbons (Fsp3) is 0.0667. The maximum absolute atomic E-state index is 13.0. The van der Waals surface area contributed by atoms with Gasteiger partial charge in [-0.25, -0.2) is 4.98 Å². The van der Waals surface area contributed by atoms with Crippen LogP contribution in [0.3, 0.4) is 0 Å². The number of hydrogen-bond donors (Lipinski definition) is 2. The fourth-order valence-electron chi connectivity index (χ4n) is 2.78. The number of hydrogen-bond acceptors (Lipinski definition) is 2. The summed E-state index contributed by atoms with van der Waals surface area (Å²) in [6.07, 6.45) is -3.19. The molecule has 0 aliphatic heterocycles. The standard InChI is InChI=1S/C15H7BrF3N3O/c16-6-1-2-7-9(5-6)10-8(3-4-20-13(10)23)12-11(7)21-14(22-12)15(17,18)19/h1-5H,(H,20,23)(H,21,22). The number of alkyl halides is 3. The number of rotatable bonds is 0. The lowest BCUT2D eigenvalue weighted by Crippen LogP contribution is -2.07. The molecule has 4 aromatic rings. The van der Waals surface area contributed by atoms with Crippen molar-refractivity contribution >= 4 is 48.5 Å². The second-order valence-corrected chi connectivity index (χ2v) is 6.01. The minimum absolute atomic E-state index is 0.133. The number of aromatic amines is 2. The van der Waals surface area contributed by atoms with Crippen LogP contribution < -0.4 is 5.56 Å². The van der Waals surface area contributed by atoms with Gasteiger partial charge in [0, 0.05) is 21.4 Å². The Morgan fingerprint density at radius 3 is 2.61 bits per heavy atom. The Balaban J connectivity index is 2.34. The normalized spacial score (nSPS) is 12.5. The Labute approximate surface area is 134 Å². The lowest BCUT2D eigenvalue weighted by atomic mass is 10.0. The number of nitrogens with one attached hydrogen (secondary N) is 2. The third kappa shape index (κ3) is 2.05. The van der Waals surface area contributed by atoms with Gasteiger partial charge in [0.1, 0.15) is 0 Å². The predicted molar refractivity (Wildman–Crippen MR) is 84.4 cm³/mol. The predicted octanol–water partition coefficient (Wildman–Crippen LogP) is 4.34. The van der Waals surface area contributed by atoms with Crippen molar-refractivity contribution in [1.82, 2.24) is 15.0 Å². The van der Waals surface area contributed by atoms with Gasteiger partial charge in [-0.1, -0.05) is 22.0 Å². The van der Waals surface area contributed by atoms with Crippen LogP contribution in [0.2, 0.25) is 0 Å². The first-order valence-electron chi connectivity index (χ1n) is 6.56. The van der Waals surface area contributed by atoms with Gasteiger partial charge in [-0.05, 0) is 23.6 Å². The molecule has 0 radical (unpaired) electrons. The van der Waals surface area contributed by atoms with E-state index in [2.05, 4.69) is 30.9 Å². The number of benzene rings is 2. The molecule has 0 saturated heterocycles. The number of aromatic nitrogens is 3. The van der Waals surface area contributed by atoms with Gasteiger partial charge in [0.2, 0.25) is 5.82 Å². The van der Waals surface area contributed by atoms with Crippen molar-refractivity contribution in [3.8, 4) is 0 Å². The molecule has 0 bridgehead atoms. The molecule has 0 amide bonds. The summed E-state index contributed by atoms with van der Waals surface area (Å²) < 4.78 is 39.7. The van der Waals surface area contributed by atoms with Gasteiger partial charge in [0.15, 0.2) is 0 Å². The average Bonchev–Trinajstić information content (AvgIpc) is 2.92. The van der Waals surface area contributed by atoms with Crippen LogP contribution in [-0.2, 0) is 6.18 Å². The van der Waals surface area contributed by atoms with E-state index in [1.165, 1.54) is 6.20 Å². The molecule has 2 aromatic carbocycles. The van der Waals surface area contributed by atoms with E-state index in [-0.39, 0.29) is 16.6 Å². The molecule has 0 unspecified atom stereocenters. The van der Waals surface area contributed by atoms with E-state index in [0.29, 0.717) is 21.5 Å². The van der Waals surface area contributed by atoms with E-state index in [1.54, 1.807) is 24.3 Å². The zero-order chi connectivity index (χ0) is 16.4. The van der Waals surface area contributed by atoms with E-state index in [9.17, 15) is 18.0 Å². The Bertz CT molecular complexity index is 1140. The van der Waals surface area contributed by atoms with E-state index in [1.807, 2.05) is 0 Å². The number of halogens is 4. The minimum atomic E-state index is -4.59. The highest BCUT2D eigenvalue weighted by Gasteiger charge is 2.35. The monoisotopic (exact) mass is 381 g/mol. The largest absolute Gasteiger partial charge is 0.449 e. The maximum atomic E-state index is 13.0. The van der Waals surface area contributed by atoms with Crippen molar-refractivity contribution in [2.45, 2.75) is 6.18 Å². The van der Waals surface area contributed by atoms with Gasteiger partial charge >= 0.3 is 6.18 Å². The molecule has 0 spiro atoms. The molecule has 116 valence electrons. The van der Waals surface area contributed by atoms with Gasteiger partial charge in [-0.3, -0.25) is 4.79 Å². The van der Waals surface area contributed by atoms with Gasteiger partial charge in [-0.15, -0.1) is 0 Å². The second kappa shape index (κ2) is 4.58. The van der Waals surface area contributed by atoms with Crippen LogP contribution >= 0.6 is 15.9 Å². The number of fused-ring (bicyclic) bond motifs is 6. The van der Waals surface area contributed by atoms with Crippen LogP contribution in [0.15, 0.2) is 39.7 Å². The maximum Gasteiger partial charge on any atom is 0.449 e. The summed E-state index contributed by atoms with van der Waals surface area (Å²) in [5.41, 5.74) is 0.0234. The zero-order valence-electron chi connectivity index (χ0n) is 11.3. The van der Waals surface area contributed by atoms with E-state index < -0.39 is 12.0 Å². The molecule has 4 rings (SSSR count). The van der Waals surface area contributed by atoms with Crippen LogP contribution in [-0.4, -0.2) is 15.0 Å². The smallest absolute Gasteiger partial charge is 0.334 e. The summed E-state index contributed by atoms with van der Waals surface area (Å²) in [6.45, 7) is 0. The highest BCUT2D eigenvalue weighted by atomic mass is 79.9. The van der Waals surface area contributed by atoms with Crippen molar-refractivity contribution in [3.63, 3.8) is 0 Å². The van der Waals surface area contributed by atoms with Crippen LogP contribution in [0.1, 0.15) is 5.82 Å². The van der Waals surface area contributed by atoms with E-state index >= 15 is 0 Å². The lowest BCUT2D eigenvalue weighted by Gasteiger charge is -2.05. The summed E-state index contributed by atoms with van der Waals surface area (Å²) in [6, 6.07) is 6.63. The van der Waals surface area contributed by atoms with Crippen LogP contribution in [0.5, 0.6) is 0 Å². The molecule has 8 heteroatoms. The molecular weight excluding hydrogens is 375 g/mol. The highest BCUT2D eigenvalue weighted by molar-refractivity contribution is 9.10. The van der Waals surface area contributed by atoms with Crippen LogP contribution in [0.25, 0.3) is 32.6 Å². The molecular formula is C15H7BrF3N3O. The number of pyridine rings is 1. The van der Waals surface area contributed by atoms with Crippen LogP contribution in [0.4, 0.5) is 13.2 Å². The first kappa shape index (κ1) is 14.3. The molecule has 2 aromatic heterocycles. The molecule has 23 heavy (non-hydrogen) atoms. The van der Waals surface area contributed by atoms with Gasteiger partial charge in [0.05, 0.1) is 16.4 Å². The topological polar surface area (TPSA) is 61.5 Å². The first-order valence-corrected chi connectivity index (χ1v) is 7.35. The van der Waals surface area contributed by atoms with Crippen molar-refractivity contribution in [2.75, 3.05) is 0 Å². The molecule has 2 heterocycles. The minimum Gasteiger partial charge on any atom is -0.334 e. The fourth-order valence-corrected chi connectivity index (χ4v) is 3.14. The molecule has 0 aliphatic carbocycles. The molecule has 0 fully saturated rings. The van der Waals surface area contributed by atoms with Gasteiger partial charge < -0.3 is 9.97 Å². The van der Waals surface area contributed by atoms with Gasteiger partial charge in [0.25, 0.3) is 5.56 Å². The Morgan fingerprint density at radius 1 is 1.09 bits per heavy atom. The Hall–Kier alpha value is -2.35. The molecule has 4 nitrogen and oxygen atoms in total. The van der Waals surface area contributed by atoms with Crippen molar-refractivity contribution in [3.05, 3.63) is 51.1 Å². The Kier molecular flexibility index (Phi) is 2.84. The summed E-state index contributed by atoms with van der Waals surface area (Å²) in [4.78, 5) is 20.8. The zero-order valence-corrected chi connectivity index (χ0v) is 12.8. The van der Waals surface area contributed by atoms with E-state index in [0.717, 1.165) is 4.47 Å². The molecule has 0 saturated carbocycles. The Morgan fingerprint density at radius 2 is 1.87 bits per heavy atom. The number of imidazole rings is 1. The SMILES string of the molecule is O=c1[nH]ccc2c3nc(C(F)(F)F)[nH]c3c3ccc(Br)cc3c12. The summed E-state index contributed by atoms with van der Waals surface area (Å²) in [7, 11) is 0. The summed E-state index contributed by atoms with van der Waals surface area (Å²) in [5.74, 6) is -1.08. The third-order valence-corrected chi connectivity index (χ3v) is 4.20. The lowest BCUT2D eigenvalue weighted by molar-refractivity contribution is -0.144. The van der Waals surface area contributed by atoms with Crippen molar-refractivity contribution in [2.24, 2.45) is 0 Å².